The van der Waals surface area contributed by atoms with Crippen molar-refractivity contribution in [3.05, 3.63) is 18.2 Å². The van der Waals surface area contributed by atoms with Gasteiger partial charge in [-0.2, -0.15) is 0 Å². The third kappa shape index (κ3) is 3.82. The quantitative estimate of drug-likeness (QED) is 0.822. The van der Waals surface area contributed by atoms with Crippen LogP contribution in [0.15, 0.2) is 12.5 Å². The summed E-state index contributed by atoms with van der Waals surface area (Å²) < 4.78 is 7.98. The summed E-state index contributed by atoms with van der Waals surface area (Å²) in [6.07, 6.45) is 9.21. The average Bonchev–Trinajstić information content (AvgIpc) is 2.82. The Bertz CT molecular complexity index is 318. The van der Waals surface area contributed by atoms with E-state index in [0.29, 0.717) is 6.10 Å². The highest BCUT2D eigenvalue weighted by Crippen LogP contribution is 2.16. The van der Waals surface area contributed by atoms with Crippen LogP contribution in [0, 0.1) is 0 Å². The van der Waals surface area contributed by atoms with E-state index in [1.807, 2.05) is 12.5 Å². The molecule has 2 rings (SSSR count). The Morgan fingerprint density at radius 2 is 2.47 bits per heavy atom. The summed E-state index contributed by atoms with van der Waals surface area (Å²) >= 11 is 0. The molecular weight excluding hydrogens is 214 g/mol. The maximum atomic E-state index is 5.75. The number of hydrogen-bond acceptors (Lipinski definition) is 3. The molecule has 1 unspecified atom stereocenters. The highest BCUT2D eigenvalue weighted by molar-refractivity contribution is 4.97. The molecule has 0 amide bonds. The van der Waals surface area contributed by atoms with Gasteiger partial charge in [0.05, 0.1) is 18.1 Å². The van der Waals surface area contributed by atoms with Crippen molar-refractivity contribution in [1.29, 1.82) is 0 Å². The van der Waals surface area contributed by atoms with Crippen LogP contribution in [0.3, 0.4) is 0 Å². The van der Waals surface area contributed by atoms with E-state index in [-0.39, 0.29) is 0 Å². The van der Waals surface area contributed by atoms with Gasteiger partial charge in [-0.3, -0.25) is 0 Å². The van der Waals surface area contributed by atoms with Crippen LogP contribution in [0.2, 0.25) is 0 Å². The standard InChI is InChI=1S/C13H23N3O/c1-2-14-9-12-10-15-11-16(12)7-6-13-5-3-4-8-17-13/h10-11,13-14H,2-9H2,1H3. The van der Waals surface area contributed by atoms with Gasteiger partial charge >= 0.3 is 0 Å². The van der Waals surface area contributed by atoms with Gasteiger partial charge in [-0.25, -0.2) is 4.98 Å². The Morgan fingerprint density at radius 1 is 1.53 bits per heavy atom. The molecule has 1 aromatic rings. The van der Waals surface area contributed by atoms with Crippen molar-refractivity contribution in [2.75, 3.05) is 13.2 Å². The zero-order chi connectivity index (χ0) is 11.9. The van der Waals surface area contributed by atoms with Gasteiger partial charge in [0, 0.05) is 25.9 Å². The average molecular weight is 237 g/mol. The summed E-state index contributed by atoms with van der Waals surface area (Å²) in [5.41, 5.74) is 1.27. The van der Waals surface area contributed by atoms with Crippen LogP contribution < -0.4 is 5.32 Å². The van der Waals surface area contributed by atoms with Crippen LogP contribution >= 0.6 is 0 Å². The molecule has 0 radical (unpaired) electrons. The predicted molar refractivity (Wildman–Crippen MR) is 67.8 cm³/mol. The smallest absolute Gasteiger partial charge is 0.0948 e. The fourth-order valence-corrected chi connectivity index (χ4v) is 2.27. The number of nitrogens with one attached hydrogen (secondary N) is 1. The van der Waals surface area contributed by atoms with E-state index in [1.54, 1.807) is 0 Å². The number of rotatable bonds is 6. The van der Waals surface area contributed by atoms with Crippen molar-refractivity contribution in [2.24, 2.45) is 0 Å². The SMILES string of the molecule is CCNCc1cncn1CCC1CCCCO1. The third-order valence-corrected chi connectivity index (χ3v) is 3.32. The lowest BCUT2D eigenvalue weighted by molar-refractivity contribution is 0.00869. The Labute approximate surface area is 103 Å². The molecule has 1 fully saturated rings. The Hall–Kier alpha value is -0.870. The van der Waals surface area contributed by atoms with Gasteiger partial charge in [0.1, 0.15) is 0 Å². The van der Waals surface area contributed by atoms with E-state index >= 15 is 0 Å². The van der Waals surface area contributed by atoms with Crippen LogP contribution in [0.4, 0.5) is 0 Å². The Morgan fingerprint density at radius 3 is 3.24 bits per heavy atom. The van der Waals surface area contributed by atoms with Crippen LogP contribution in [0.25, 0.3) is 0 Å². The van der Waals surface area contributed by atoms with E-state index in [9.17, 15) is 0 Å². The lowest BCUT2D eigenvalue weighted by Crippen LogP contribution is -2.22. The summed E-state index contributed by atoms with van der Waals surface area (Å²) in [7, 11) is 0. The molecule has 17 heavy (non-hydrogen) atoms. The van der Waals surface area contributed by atoms with Crippen molar-refractivity contribution >= 4 is 0 Å². The first-order valence-electron chi connectivity index (χ1n) is 6.71. The van der Waals surface area contributed by atoms with E-state index in [2.05, 4.69) is 21.8 Å². The topological polar surface area (TPSA) is 39.1 Å². The highest BCUT2D eigenvalue weighted by atomic mass is 16.5. The monoisotopic (exact) mass is 237 g/mol. The molecule has 96 valence electrons. The van der Waals surface area contributed by atoms with Gasteiger partial charge in [0.2, 0.25) is 0 Å². The lowest BCUT2D eigenvalue weighted by Gasteiger charge is -2.22. The minimum Gasteiger partial charge on any atom is -0.378 e. The molecule has 4 nitrogen and oxygen atoms in total. The third-order valence-electron chi connectivity index (χ3n) is 3.32. The second-order valence-corrected chi connectivity index (χ2v) is 4.64. The molecule has 0 aromatic carbocycles. The molecule has 1 atom stereocenters. The van der Waals surface area contributed by atoms with Gasteiger partial charge in [-0.15, -0.1) is 0 Å². The summed E-state index contributed by atoms with van der Waals surface area (Å²) in [4.78, 5) is 4.22. The molecule has 1 aromatic heterocycles. The minimum absolute atomic E-state index is 0.457. The van der Waals surface area contributed by atoms with Gasteiger partial charge in [-0.05, 0) is 32.2 Å². The molecule has 2 heterocycles. The number of aryl methyl sites for hydroxylation is 1. The van der Waals surface area contributed by atoms with Crippen LogP contribution in [-0.4, -0.2) is 28.8 Å². The second-order valence-electron chi connectivity index (χ2n) is 4.64. The first-order valence-corrected chi connectivity index (χ1v) is 6.71. The van der Waals surface area contributed by atoms with E-state index in [4.69, 9.17) is 4.74 Å². The van der Waals surface area contributed by atoms with Crippen molar-refractivity contribution in [3.63, 3.8) is 0 Å². The number of aromatic nitrogens is 2. The molecule has 0 aliphatic carbocycles. The first kappa shape index (κ1) is 12.6. The summed E-state index contributed by atoms with van der Waals surface area (Å²) in [5, 5.41) is 3.34. The maximum absolute atomic E-state index is 5.75. The molecule has 1 saturated heterocycles. The predicted octanol–water partition coefficient (Wildman–Crippen LogP) is 1.95. The minimum atomic E-state index is 0.457. The van der Waals surface area contributed by atoms with Crippen LogP contribution in [0.1, 0.15) is 38.3 Å². The molecule has 1 aliphatic heterocycles. The molecular formula is C13H23N3O. The zero-order valence-corrected chi connectivity index (χ0v) is 10.7. The molecule has 4 heteroatoms. The molecule has 0 saturated carbocycles. The second kappa shape index (κ2) is 6.77. The van der Waals surface area contributed by atoms with E-state index in [0.717, 1.165) is 32.7 Å². The number of imidazole rings is 1. The molecule has 0 spiro atoms. The van der Waals surface area contributed by atoms with Gasteiger partial charge in [0.15, 0.2) is 0 Å². The molecule has 1 N–H and O–H groups in total. The summed E-state index contributed by atoms with van der Waals surface area (Å²) in [6, 6.07) is 0. The van der Waals surface area contributed by atoms with E-state index < -0.39 is 0 Å². The normalized spacial score (nSPS) is 20.6. The number of hydrogen-bond donors (Lipinski definition) is 1. The largest absolute Gasteiger partial charge is 0.378 e. The van der Waals surface area contributed by atoms with Crippen molar-refractivity contribution in [2.45, 2.75) is 51.8 Å². The van der Waals surface area contributed by atoms with Crippen LogP contribution in [-0.2, 0) is 17.8 Å². The fraction of sp³-hybridized carbons (Fsp3) is 0.769. The van der Waals surface area contributed by atoms with Gasteiger partial charge in [-0.1, -0.05) is 6.92 Å². The highest BCUT2D eigenvalue weighted by Gasteiger charge is 2.14. The summed E-state index contributed by atoms with van der Waals surface area (Å²) in [6.45, 7) is 5.99. The fourth-order valence-electron chi connectivity index (χ4n) is 2.27. The van der Waals surface area contributed by atoms with Gasteiger partial charge in [0.25, 0.3) is 0 Å². The van der Waals surface area contributed by atoms with Gasteiger partial charge < -0.3 is 14.6 Å². The van der Waals surface area contributed by atoms with E-state index in [1.165, 1.54) is 25.0 Å². The Balaban J connectivity index is 1.79. The van der Waals surface area contributed by atoms with Crippen LogP contribution in [0.5, 0.6) is 0 Å². The lowest BCUT2D eigenvalue weighted by atomic mass is 10.1. The Kier molecular flexibility index (Phi) is 5.01. The number of nitrogens with zero attached hydrogens (tertiary/aromatic N) is 2. The molecule has 0 bridgehead atoms. The maximum Gasteiger partial charge on any atom is 0.0948 e. The van der Waals surface area contributed by atoms with Crippen molar-refractivity contribution in [1.82, 2.24) is 14.9 Å². The summed E-state index contributed by atoms with van der Waals surface area (Å²) in [5.74, 6) is 0. The van der Waals surface area contributed by atoms with Crippen molar-refractivity contribution in [3.8, 4) is 0 Å². The van der Waals surface area contributed by atoms with Crippen molar-refractivity contribution < 1.29 is 4.74 Å². The zero-order valence-electron chi connectivity index (χ0n) is 10.7. The molecule has 1 aliphatic rings. The first-order chi connectivity index (χ1) is 8.40. The number of ether oxygens (including phenoxy) is 1.